The summed E-state index contributed by atoms with van der Waals surface area (Å²) >= 11 is 0. The van der Waals surface area contributed by atoms with Gasteiger partial charge < -0.3 is 9.32 Å². The number of nitrogens with zero attached hydrogens (tertiary/aromatic N) is 1. The van der Waals surface area contributed by atoms with Crippen LogP contribution in [0.15, 0.2) is 192 Å². The molecule has 0 bridgehead atoms. The topological polar surface area (TPSA) is 16.4 Å². The fraction of sp³-hybridized carbons (Fsp3) is 0.0588. The third-order valence-corrected chi connectivity index (χ3v) is 11.1. The average Bonchev–Trinajstić information content (AvgIpc) is 3.70. The van der Waals surface area contributed by atoms with E-state index in [0.717, 1.165) is 39.0 Å². The third-order valence-electron chi connectivity index (χ3n) is 11.1. The van der Waals surface area contributed by atoms with Crippen molar-refractivity contribution in [1.82, 2.24) is 0 Å². The van der Waals surface area contributed by atoms with E-state index in [1.165, 1.54) is 55.6 Å². The molecule has 0 saturated carbocycles. The lowest BCUT2D eigenvalue weighted by atomic mass is 9.81. The zero-order chi connectivity index (χ0) is 35.5. The van der Waals surface area contributed by atoms with E-state index in [1.54, 1.807) is 0 Å². The van der Waals surface area contributed by atoms with E-state index < -0.39 is 0 Å². The Kier molecular flexibility index (Phi) is 7.19. The van der Waals surface area contributed by atoms with Crippen molar-refractivity contribution in [3.05, 3.63) is 199 Å². The van der Waals surface area contributed by atoms with Gasteiger partial charge in [0.05, 0.1) is 5.69 Å². The summed E-state index contributed by atoms with van der Waals surface area (Å²) in [7, 11) is 0. The number of hydrogen-bond donors (Lipinski definition) is 0. The Balaban J connectivity index is 1.25. The van der Waals surface area contributed by atoms with Gasteiger partial charge >= 0.3 is 0 Å². The van der Waals surface area contributed by atoms with Crippen molar-refractivity contribution in [2.24, 2.45) is 0 Å². The molecule has 252 valence electrons. The van der Waals surface area contributed by atoms with Crippen LogP contribution in [0.4, 0.5) is 17.1 Å². The van der Waals surface area contributed by atoms with Gasteiger partial charge in [0, 0.05) is 38.7 Å². The van der Waals surface area contributed by atoms with E-state index in [4.69, 9.17) is 4.42 Å². The van der Waals surface area contributed by atoms with Gasteiger partial charge in [0.1, 0.15) is 11.2 Å². The molecular weight excluding hydrogens is 643 g/mol. The Morgan fingerprint density at radius 3 is 1.49 bits per heavy atom. The molecule has 1 aromatic heterocycles. The normalized spacial score (nSPS) is 12.9. The van der Waals surface area contributed by atoms with Crippen LogP contribution in [0.3, 0.4) is 0 Å². The minimum absolute atomic E-state index is 0.266. The van der Waals surface area contributed by atoms with E-state index in [2.05, 4.69) is 207 Å². The number of hydrogen-bond acceptors (Lipinski definition) is 2. The van der Waals surface area contributed by atoms with Crippen molar-refractivity contribution in [3.8, 4) is 44.5 Å². The summed E-state index contributed by atoms with van der Waals surface area (Å²) in [5.74, 6) is 0. The molecule has 0 fully saturated rings. The molecule has 0 radical (unpaired) electrons. The maximum Gasteiger partial charge on any atom is 0.136 e. The molecule has 0 aliphatic heterocycles. The second kappa shape index (κ2) is 12.3. The van der Waals surface area contributed by atoms with Gasteiger partial charge in [0.25, 0.3) is 0 Å². The van der Waals surface area contributed by atoms with Crippen LogP contribution in [0, 0.1) is 0 Å². The molecule has 2 heteroatoms. The minimum atomic E-state index is -0.266. The van der Waals surface area contributed by atoms with Gasteiger partial charge in [-0.25, -0.2) is 0 Å². The Hall–Kier alpha value is -6.64. The molecule has 1 aliphatic rings. The molecule has 10 rings (SSSR count). The Labute approximate surface area is 310 Å². The quantitative estimate of drug-likeness (QED) is 0.174. The van der Waals surface area contributed by atoms with Crippen LogP contribution in [0.2, 0.25) is 0 Å². The second-order valence-corrected chi connectivity index (χ2v) is 14.5. The maximum atomic E-state index is 6.63. The standard InChI is InChI=1S/C51H37NO/c1-51(2)42-22-14-23-44(49(42)50-43(51)33-46-48(41-21-12-13-24-45(41)53-46)47(50)38-19-10-5-11-20-38)52(39-29-25-36(26-30-39)34-15-6-3-7-16-34)40-31-27-37(28-32-40)35-17-8-4-9-18-35/h3-33H,1-2H3. The van der Waals surface area contributed by atoms with Crippen molar-refractivity contribution < 1.29 is 4.42 Å². The summed E-state index contributed by atoms with van der Waals surface area (Å²) in [5.41, 5.74) is 17.3. The zero-order valence-electron chi connectivity index (χ0n) is 29.8. The first-order chi connectivity index (χ1) is 26.1. The van der Waals surface area contributed by atoms with Crippen molar-refractivity contribution in [2.45, 2.75) is 19.3 Å². The molecule has 0 amide bonds. The van der Waals surface area contributed by atoms with E-state index >= 15 is 0 Å². The minimum Gasteiger partial charge on any atom is -0.456 e. The van der Waals surface area contributed by atoms with Gasteiger partial charge in [-0.2, -0.15) is 0 Å². The average molecular weight is 680 g/mol. The molecule has 53 heavy (non-hydrogen) atoms. The number of para-hydroxylation sites is 1. The van der Waals surface area contributed by atoms with Crippen molar-refractivity contribution in [1.29, 1.82) is 0 Å². The monoisotopic (exact) mass is 679 g/mol. The lowest BCUT2D eigenvalue weighted by molar-refractivity contribution is 0.647. The van der Waals surface area contributed by atoms with E-state index in [9.17, 15) is 0 Å². The summed E-state index contributed by atoms with van der Waals surface area (Å²) < 4.78 is 6.63. The van der Waals surface area contributed by atoms with Gasteiger partial charge in [-0.15, -0.1) is 0 Å². The van der Waals surface area contributed by atoms with Gasteiger partial charge in [0.2, 0.25) is 0 Å². The molecule has 0 saturated heterocycles. The van der Waals surface area contributed by atoms with Crippen LogP contribution in [0.5, 0.6) is 0 Å². The molecule has 9 aromatic rings. The van der Waals surface area contributed by atoms with Gasteiger partial charge in [-0.1, -0.05) is 159 Å². The maximum absolute atomic E-state index is 6.63. The first kappa shape index (κ1) is 31.1. The van der Waals surface area contributed by atoms with Gasteiger partial charge in [-0.3, -0.25) is 0 Å². The van der Waals surface area contributed by atoms with Crippen LogP contribution in [-0.4, -0.2) is 0 Å². The Bertz CT molecular complexity index is 2680. The van der Waals surface area contributed by atoms with E-state index in [1.807, 2.05) is 0 Å². The molecule has 8 aromatic carbocycles. The highest BCUT2D eigenvalue weighted by molar-refractivity contribution is 6.18. The van der Waals surface area contributed by atoms with Gasteiger partial charge in [-0.05, 0) is 87.0 Å². The predicted octanol–water partition coefficient (Wildman–Crippen LogP) is 14.4. The fourth-order valence-corrected chi connectivity index (χ4v) is 8.48. The number of fused-ring (bicyclic) bond motifs is 6. The summed E-state index contributed by atoms with van der Waals surface area (Å²) in [4.78, 5) is 2.44. The Morgan fingerprint density at radius 1 is 0.396 bits per heavy atom. The van der Waals surface area contributed by atoms with Crippen LogP contribution >= 0.6 is 0 Å². The SMILES string of the molecule is CC1(C)c2cccc(N(c3ccc(-c4ccccc4)cc3)c3ccc(-c4ccccc4)cc3)c2-c2c1cc1oc3ccccc3c1c2-c1ccccc1. The summed E-state index contributed by atoms with van der Waals surface area (Å²) in [6.45, 7) is 4.72. The van der Waals surface area contributed by atoms with Crippen molar-refractivity contribution >= 4 is 39.0 Å². The lowest BCUT2D eigenvalue weighted by Gasteiger charge is -2.29. The van der Waals surface area contributed by atoms with Crippen molar-refractivity contribution in [2.75, 3.05) is 4.90 Å². The number of rotatable bonds is 6. The fourth-order valence-electron chi connectivity index (χ4n) is 8.48. The molecule has 1 heterocycles. The summed E-state index contributed by atoms with van der Waals surface area (Å²) in [6.07, 6.45) is 0. The van der Waals surface area contributed by atoms with Crippen LogP contribution in [0.25, 0.3) is 66.4 Å². The number of furan rings is 1. The van der Waals surface area contributed by atoms with Crippen LogP contribution in [-0.2, 0) is 5.41 Å². The van der Waals surface area contributed by atoms with Crippen LogP contribution < -0.4 is 4.90 Å². The number of anilines is 3. The molecule has 0 N–H and O–H groups in total. The van der Waals surface area contributed by atoms with Gasteiger partial charge in [0.15, 0.2) is 0 Å². The van der Waals surface area contributed by atoms with Crippen LogP contribution in [0.1, 0.15) is 25.0 Å². The largest absolute Gasteiger partial charge is 0.456 e. The molecule has 0 atom stereocenters. The van der Waals surface area contributed by atoms with E-state index in [-0.39, 0.29) is 5.41 Å². The summed E-state index contributed by atoms with van der Waals surface area (Å²) in [6, 6.07) is 67.7. The first-order valence-electron chi connectivity index (χ1n) is 18.4. The molecule has 2 nitrogen and oxygen atoms in total. The number of benzene rings is 8. The predicted molar refractivity (Wildman–Crippen MR) is 222 cm³/mol. The highest BCUT2D eigenvalue weighted by Gasteiger charge is 2.41. The molecule has 1 aliphatic carbocycles. The second-order valence-electron chi connectivity index (χ2n) is 14.5. The highest BCUT2D eigenvalue weighted by Crippen LogP contribution is 2.59. The third kappa shape index (κ3) is 5.02. The smallest absolute Gasteiger partial charge is 0.136 e. The summed E-state index contributed by atoms with van der Waals surface area (Å²) in [5, 5.41) is 2.30. The van der Waals surface area contributed by atoms with Crippen molar-refractivity contribution in [3.63, 3.8) is 0 Å². The first-order valence-corrected chi connectivity index (χ1v) is 18.4. The molecule has 0 spiro atoms. The molecule has 0 unspecified atom stereocenters. The Morgan fingerprint density at radius 2 is 0.906 bits per heavy atom. The zero-order valence-corrected chi connectivity index (χ0v) is 29.8. The molecular formula is C51H37NO. The lowest BCUT2D eigenvalue weighted by Crippen LogP contribution is -2.16. The van der Waals surface area contributed by atoms with E-state index in [0.29, 0.717) is 0 Å². The highest BCUT2D eigenvalue weighted by atomic mass is 16.3.